The van der Waals surface area contributed by atoms with Crippen molar-refractivity contribution >= 4 is 98.2 Å². The van der Waals surface area contributed by atoms with Gasteiger partial charge in [0.25, 0.3) is 0 Å². The Kier molecular flexibility index (Phi) is 40.7. The quantitative estimate of drug-likeness (QED) is 0.0257. The molecule has 0 aliphatic carbocycles. The number of aliphatic hydroxyl groups is 2. The standard InChI is InChI=1S/C27H29ClN2O3.C27H31ClN2O2.C23H23ClN2O.C20H25ClN2O2.C4H8O.CH3.BrH.Mg/c1-2-32-27(31)20-33-23-13-14-25(24(28)17-23)30-16-15-29(18-21-9-5-3-6-10-21)19-26(30)22-11-7-4-8-12-22;1-27(2,31)20-32-23-13-14-25(24(28)17-23)30-16-15-29(18-21-9-5-3-6-10-21)19-26(30)22-11-7-4-8-12-22;24-21-15-20(27)11-12-22(21)26-14-13-25(16-18-7-3-1-4-8-18)17-23(26)19-9-5-2-6-10-19;1-20(2,24)14-25-16-8-9-18(17(21)12-16)23-11-10-22-13-19(23)15-6-4-3-5-7-15;1-2-4-5-3-1;;;/h3-14,17,26H,2,15-16,18-20H2,1H3;3-14,17,26,31H,15-16,18-20H2,1-2H3;1-12,15,23,27H,13-14,16-17H2;3-9,12,19,22,24H,10-11,13-14H2,1-2H3;1-4H2;1H3;1H;/q;;;;;-1;;+2/p-1/t2*26-;23-;19-;;;;/m0000..../s1. The summed E-state index contributed by atoms with van der Waals surface area (Å²) in [6, 6.07) is 97.3. The fraction of sp³-hybridized carbons (Fsp3) is 0.333. The number of aromatic hydroxyl groups is 1. The molecule has 0 bridgehead atoms. The maximum atomic E-state index is 11.6. The van der Waals surface area contributed by atoms with Gasteiger partial charge in [-0.1, -0.05) is 259 Å². The van der Waals surface area contributed by atoms with Crippen molar-refractivity contribution in [1.82, 2.24) is 20.0 Å². The van der Waals surface area contributed by atoms with Crippen LogP contribution in [0.15, 0.2) is 285 Å². The molecule has 5 fully saturated rings. The van der Waals surface area contributed by atoms with Gasteiger partial charge in [-0.05, 0) is 135 Å². The summed E-state index contributed by atoms with van der Waals surface area (Å²) in [5, 5.41) is 35.4. The zero-order valence-electron chi connectivity index (χ0n) is 72.7. The largest absolute Gasteiger partial charge is 2.00 e. The summed E-state index contributed by atoms with van der Waals surface area (Å²) in [5.74, 6) is 1.69. The van der Waals surface area contributed by atoms with Crippen molar-refractivity contribution in [3.8, 4) is 23.0 Å². The molecule has 11 aromatic rings. The van der Waals surface area contributed by atoms with Gasteiger partial charge in [-0.2, -0.15) is 0 Å². The molecule has 4 N–H and O–H groups in total. The summed E-state index contributed by atoms with van der Waals surface area (Å²) in [7, 11) is 0. The van der Waals surface area contributed by atoms with Crippen molar-refractivity contribution in [3.05, 3.63) is 352 Å². The van der Waals surface area contributed by atoms with Crippen LogP contribution in [0.3, 0.4) is 0 Å². The number of piperazine rings is 4. The molecule has 5 aliphatic heterocycles. The minimum atomic E-state index is -0.890. The van der Waals surface area contributed by atoms with Gasteiger partial charge in [0.2, 0.25) is 0 Å². The molecule has 0 unspecified atom stereocenters. The topological polar surface area (TPSA) is 159 Å². The van der Waals surface area contributed by atoms with Crippen LogP contribution in [0.4, 0.5) is 22.7 Å². The van der Waals surface area contributed by atoms with E-state index in [1.54, 1.807) is 52.8 Å². The summed E-state index contributed by atoms with van der Waals surface area (Å²) in [6.45, 7) is 25.1. The van der Waals surface area contributed by atoms with Gasteiger partial charge in [-0.3, -0.25) is 14.7 Å². The average molecular weight is 1850 g/mol. The third kappa shape index (κ3) is 31.1. The van der Waals surface area contributed by atoms with Crippen LogP contribution in [0.25, 0.3) is 0 Å². The summed E-state index contributed by atoms with van der Waals surface area (Å²) in [5.41, 5.74) is 11.3. The molecule has 0 saturated carbocycles. The Morgan fingerprint density at radius 1 is 0.416 bits per heavy atom. The van der Waals surface area contributed by atoms with Gasteiger partial charge in [0.05, 0.1) is 84.8 Å². The molecule has 23 heteroatoms. The number of nitrogens with one attached hydrogen (secondary N) is 1. The van der Waals surface area contributed by atoms with E-state index in [0.717, 1.165) is 134 Å². The molecule has 11 aromatic carbocycles. The Morgan fingerprint density at radius 2 is 0.720 bits per heavy atom. The number of halogens is 5. The van der Waals surface area contributed by atoms with Crippen molar-refractivity contribution in [3.63, 3.8) is 0 Å². The second-order valence-electron chi connectivity index (χ2n) is 32.4. The van der Waals surface area contributed by atoms with Crippen LogP contribution in [-0.2, 0) is 33.9 Å². The van der Waals surface area contributed by atoms with E-state index in [4.69, 9.17) is 70.1 Å². The molecule has 5 aliphatic rings. The van der Waals surface area contributed by atoms with Crippen molar-refractivity contribution < 1.29 is 60.8 Å². The molecule has 0 spiro atoms. The van der Waals surface area contributed by atoms with Crippen molar-refractivity contribution in [1.29, 1.82) is 0 Å². The maximum absolute atomic E-state index is 11.6. The van der Waals surface area contributed by atoms with Gasteiger partial charge >= 0.3 is 29.0 Å². The van der Waals surface area contributed by atoms with E-state index in [-0.39, 0.29) is 97.2 Å². The molecule has 0 amide bonds. The first-order valence-electron chi connectivity index (χ1n) is 42.4. The molecule has 125 heavy (non-hydrogen) atoms. The minimum absolute atomic E-state index is 0. The summed E-state index contributed by atoms with van der Waals surface area (Å²) < 4.78 is 26.8. The van der Waals surface area contributed by atoms with E-state index >= 15 is 0 Å². The molecule has 17 nitrogen and oxygen atoms in total. The monoisotopic (exact) mass is 1840 g/mol. The van der Waals surface area contributed by atoms with Crippen LogP contribution < -0.4 is 56.1 Å². The Morgan fingerprint density at radius 3 is 1.02 bits per heavy atom. The van der Waals surface area contributed by atoms with Gasteiger partial charge in [-0.15, -0.1) is 0 Å². The molecule has 658 valence electrons. The first-order chi connectivity index (χ1) is 59.2. The molecule has 0 aromatic heterocycles. The fourth-order valence-corrected chi connectivity index (χ4v) is 16.8. The number of phenols is 1. The van der Waals surface area contributed by atoms with Gasteiger partial charge in [-0.25, -0.2) is 4.79 Å². The normalized spacial score (nSPS) is 17.2. The van der Waals surface area contributed by atoms with E-state index in [1.165, 1.54) is 51.8 Å². The molecule has 0 radical (unpaired) electrons. The van der Waals surface area contributed by atoms with Gasteiger partial charge < -0.3 is 88.3 Å². The van der Waals surface area contributed by atoms with Gasteiger partial charge in [0.15, 0.2) is 6.61 Å². The van der Waals surface area contributed by atoms with Gasteiger partial charge in [0, 0.05) is 136 Å². The smallest absolute Gasteiger partial charge is 1.00 e. The number of anilines is 4. The van der Waals surface area contributed by atoms with E-state index in [2.05, 4.69) is 234 Å². The third-order valence-electron chi connectivity index (χ3n) is 21.7. The van der Waals surface area contributed by atoms with E-state index in [0.29, 0.717) is 43.9 Å². The zero-order chi connectivity index (χ0) is 85.6. The second-order valence-corrected chi connectivity index (χ2v) is 34.1. The Hall–Kier alpha value is -8.58. The van der Waals surface area contributed by atoms with Crippen LogP contribution in [0.2, 0.25) is 20.1 Å². The molecular weight excluding hydrogens is 1730 g/mol. The first-order valence-corrected chi connectivity index (χ1v) is 43.9. The number of nitrogens with zero attached hydrogens (tertiary/aromatic N) is 7. The predicted octanol–water partition coefficient (Wildman–Crippen LogP) is 17.5. The van der Waals surface area contributed by atoms with Crippen LogP contribution in [0.1, 0.15) is 111 Å². The van der Waals surface area contributed by atoms with E-state index in [9.17, 15) is 20.1 Å². The SMILES string of the molecule is C1CCOC1.CC(C)(O)COc1ccc(N2CCN(Cc3ccccc3)C[C@H]2c2ccccc2)c(Cl)c1.CC(C)(O)COc1ccc(N2CCNC[C@H]2c2ccccc2)c(Cl)c1.CCOC(=O)COc1ccc(N2CCN(Cc3ccccc3)C[C@H]2c2ccccc2)c(Cl)c1.Oc1ccc(N2CCN(Cc3ccccc3)C[C@H]2c2ccccc2)c(Cl)c1.[Br-].[CH3-].[Mg+2]. The number of hydrogen-bond acceptors (Lipinski definition) is 17. The molecule has 5 heterocycles. The zero-order valence-corrected chi connectivity index (χ0v) is 78.8. The summed E-state index contributed by atoms with van der Waals surface area (Å²) in [4.78, 5) is 28.6. The van der Waals surface area contributed by atoms with Crippen molar-refractivity contribution in [2.75, 3.05) is 138 Å². The van der Waals surface area contributed by atoms with E-state index < -0.39 is 17.2 Å². The fourth-order valence-electron chi connectivity index (χ4n) is 15.7. The molecule has 16 rings (SSSR count). The first kappa shape index (κ1) is 100. The second kappa shape index (κ2) is 50.8. The van der Waals surface area contributed by atoms with Crippen LogP contribution in [0.5, 0.6) is 23.0 Å². The summed E-state index contributed by atoms with van der Waals surface area (Å²) >= 11 is 26.5. The number of rotatable bonds is 24. The maximum Gasteiger partial charge on any atom is 2.00 e. The Labute approximate surface area is 787 Å². The summed E-state index contributed by atoms with van der Waals surface area (Å²) in [6.07, 6.45) is 2.56. The van der Waals surface area contributed by atoms with Gasteiger partial charge in [0.1, 0.15) is 36.2 Å². The van der Waals surface area contributed by atoms with Crippen molar-refractivity contribution in [2.45, 2.75) is 102 Å². The number of esters is 1. The predicted molar refractivity (Wildman–Crippen MR) is 510 cm³/mol. The number of ether oxygens (including phenoxy) is 5. The molecule has 4 atom stereocenters. The number of hydrogen-bond donors (Lipinski definition) is 4. The number of carbonyl (C=O) groups excluding carboxylic acids is 1. The average Bonchev–Trinajstić information content (AvgIpc) is 1.03. The number of carbonyl (C=O) groups is 1. The number of phenolic OH excluding ortho intramolecular Hbond substituents is 1. The Balaban J connectivity index is 0.000000184. The van der Waals surface area contributed by atoms with Crippen molar-refractivity contribution in [2.24, 2.45) is 0 Å². The Bertz CT molecular complexity index is 4960. The number of benzene rings is 11. The third-order valence-corrected chi connectivity index (χ3v) is 22.9. The van der Waals surface area contributed by atoms with Crippen LogP contribution >= 0.6 is 46.4 Å². The minimum Gasteiger partial charge on any atom is -1.00 e. The van der Waals surface area contributed by atoms with Crippen LogP contribution in [-0.4, -0.2) is 188 Å². The van der Waals surface area contributed by atoms with E-state index in [1.807, 2.05) is 72.8 Å². The van der Waals surface area contributed by atoms with Crippen LogP contribution in [0, 0.1) is 7.43 Å². The molecular formula is C102H119BrCl4MgN8O9. The molecule has 5 saturated heterocycles.